The van der Waals surface area contributed by atoms with Crippen LogP contribution in [0.25, 0.3) is 0 Å². The average Bonchev–Trinajstić information content (AvgIpc) is 2.36. The quantitative estimate of drug-likeness (QED) is 0.503. The van der Waals surface area contributed by atoms with E-state index in [1.54, 1.807) is 12.1 Å². The van der Waals surface area contributed by atoms with Crippen molar-refractivity contribution in [1.29, 1.82) is 0 Å². The second-order valence-electron chi connectivity index (χ2n) is 3.18. The summed E-state index contributed by atoms with van der Waals surface area (Å²) < 4.78 is 6.19. The molecule has 0 aliphatic rings. The van der Waals surface area contributed by atoms with Crippen LogP contribution < -0.4 is 16.0 Å². The maximum absolute atomic E-state index is 6.03. The molecule has 2 aromatic rings. The third-order valence-corrected chi connectivity index (χ3v) is 3.47. The van der Waals surface area contributed by atoms with Gasteiger partial charge in [-0.1, -0.05) is 23.2 Å². The highest BCUT2D eigenvalue weighted by Crippen LogP contribution is 2.36. The fourth-order valence-corrected chi connectivity index (χ4v) is 2.00. The Bertz CT molecular complexity index is 582. The maximum Gasteiger partial charge on any atom is 0.224 e. The van der Waals surface area contributed by atoms with Crippen molar-refractivity contribution >= 4 is 44.9 Å². The van der Waals surface area contributed by atoms with Gasteiger partial charge in [0.25, 0.3) is 0 Å². The number of rotatable bonds is 3. The van der Waals surface area contributed by atoms with E-state index in [1.165, 1.54) is 12.4 Å². The zero-order chi connectivity index (χ0) is 13.1. The normalized spacial score (nSPS) is 10.2. The number of hydrazine groups is 1. The van der Waals surface area contributed by atoms with E-state index >= 15 is 0 Å². The maximum atomic E-state index is 6.03. The second-order valence-corrected chi connectivity index (χ2v) is 4.85. The van der Waals surface area contributed by atoms with Crippen molar-refractivity contribution in [3.8, 4) is 11.6 Å². The van der Waals surface area contributed by atoms with E-state index in [0.717, 1.165) is 0 Å². The first-order chi connectivity index (χ1) is 8.60. The van der Waals surface area contributed by atoms with Crippen LogP contribution in [-0.2, 0) is 0 Å². The molecule has 0 bridgehead atoms. The minimum Gasteiger partial charge on any atom is -0.437 e. The third-order valence-electron chi connectivity index (χ3n) is 1.98. The second kappa shape index (κ2) is 5.71. The SMILES string of the molecule is NNc1cc(Oc2cc(Cl)c(Br)cc2Cl)ncn1. The van der Waals surface area contributed by atoms with Gasteiger partial charge in [0.15, 0.2) is 0 Å². The molecule has 94 valence electrons. The number of halogens is 3. The minimum absolute atomic E-state index is 0.304. The van der Waals surface area contributed by atoms with Gasteiger partial charge in [-0.25, -0.2) is 15.8 Å². The molecule has 5 nitrogen and oxygen atoms in total. The van der Waals surface area contributed by atoms with E-state index in [4.69, 9.17) is 33.8 Å². The number of aromatic nitrogens is 2. The van der Waals surface area contributed by atoms with Crippen LogP contribution in [0.2, 0.25) is 10.0 Å². The standard InChI is InChI=1S/C10H7BrCl2N4O/c11-5-1-7(13)8(2-6(5)12)18-10-3-9(17-14)15-4-16-10/h1-4H,14H2,(H,15,16,17). The summed E-state index contributed by atoms with van der Waals surface area (Å²) in [5, 5.41) is 0.896. The van der Waals surface area contributed by atoms with Gasteiger partial charge in [-0.15, -0.1) is 0 Å². The van der Waals surface area contributed by atoms with Crippen molar-refractivity contribution in [1.82, 2.24) is 9.97 Å². The van der Waals surface area contributed by atoms with E-state index in [1.807, 2.05) is 0 Å². The molecule has 0 amide bonds. The lowest BCUT2D eigenvalue weighted by atomic mass is 10.3. The molecule has 0 saturated heterocycles. The molecule has 1 aromatic carbocycles. The number of anilines is 1. The summed E-state index contributed by atoms with van der Waals surface area (Å²) in [6.07, 6.45) is 1.32. The van der Waals surface area contributed by atoms with Crippen LogP contribution in [-0.4, -0.2) is 9.97 Å². The van der Waals surface area contributed by atoms with Crippen LogP contribution in [0.3, 0.4) is 0 Å². The molecule has 0 atom stereocenters. The largest absolute Gasteiger partial charge is 0.437 e. The van der Waals surface area contributed by atoms with Gasteiger partial charge in [-0.05, 0) is 22.0 Å². The predicted molar refractivity (Wildman–Crippen MR) is 74.1 cm³/mol. The fraction of sp³-hybridized carbons (Fsp3) is 0. The molecule has 0 fully saturated rings. The molecule has 0 spiro atoms. The third kappa shape index (κ3) is 3.02. The molecular formula is C10H7BrCl2N4O. The molecule has 1 heterocycles. The van der Waals surface area contributed by atoms with Crippen molar-refractivity contribution in [3.63, 3.8) is 0 Å². The van der Waals surface area contributed by atoms with Crippen molar-refractivity contribution in [3.05, 3.63) is 39.0 Å². The van der Waals surface area contributed by atoms with Crippen molar-refractivity contribution in [2.45, 2.75) is 0 Å². The first-order valence-electron chi connectivity index (χ1n) is 4.71. The predicted octanol–water partition coefficient (Wildman–Crippen LogP) is 3.62. The summed E-state index contributed by atoms with van der Waals surface area (Å²) in [6, 6.07) is 4.76. The molecule has 18 heavy (non-hydrogen) atoms. The lowest BCUT2D eigenvalue weighted by Gasteiger charge is -2.08. The van der Waals surface area contributed by atoms with Gasteiger partial charge in [0.05, 0.1) is 10.0 Å². The zero-order valence-corrected chi connectivity index (χ0v) is 11.9. The van der Waals surface area contributed by atoms with Gasteiger partial charge in [-0.3, -0.25) is 0 Å². The topological polar surface area (TPSA) is 73.1 Å². The van der Waals surface area contributed by atoms with Crippen molar-refractivity contribution < 1.29 is 4.74 Å². The van der Waals surface area contributed by atoms with Gasteiger partial charge in [0.2, 0.25) is 5.88 Å². The summed E-state index contributed by atoms with van der Waals surface area (Å²) in [7, 11) is 0. The smallest absolute Gasteiger partial charge is 0.224 e. The fourth-order valence-electron chi connectivity index (χ4n) is 1.17. The minimum atomic E-state index is 0.304. The Morgan fingerprint density at radius 1 is 1.17 bits per heavy atom. The number of nitrogens with one attached hydrogen (secondary N) is 1. The van der Waals surface area contributed by atoms with Gasteiger partial charge in [-0.2, -0.15) is 0 Å². The summed E-state index contributed by atoms with van der Waals surface area (Å²) in [6.45, 7) is 0. The van der Waals surface area contributed by atoms with Crippen molar-refractivity contribution in [2.75, 3.05) is 5.43 Å². The number of hydrogen-bond acceptors (Lipinski definition) is 5. The molecule has 0 saturated carbocycles. The molecular weight excluding hydrogens is 343 g/mol. The van der Waals surface area contributed by atoms with E-state index in [0.29, 0.717) is 32.0 Å². The van der Waals surface area contributed by atoms with Crippen LogP contribution in [0.15, 0.2) is 29.0 Å². The number of benzene rings is 1. The Labute approximate surface area is 121 Å². The first kappa shape index (κ1) is 13.4. The first-order valence-corrected chi connectivity index (χ1v) is 6.26. The van der Waals surface area contributed by atoms with Crippen LogP contribution in [0, 0.1) is 0 Å². The summed E-state index contributed by atoms with van der Waals surface area (Å²) >= 11 is 15.3. The molecule has 1 aromatic heterocycles. The summed E-state index contributed by atoms with van der Waals surface area (Å²) in [5.41, 5.74) is 2.39. The van der Waals surface area contributed by atoms with E-state index in [2.05, 4.69) is 31.3 Å². The van der Waals surface area contributed by atoms with Crippen LogP contribution >= 0.6 is 39.1 Å². The Kier molecular flexibility index (Phi) is 4.23. The Morgan fingerprint density at radius 3 is 2.67 bits per heavy atom. The van der Waals surface area contributed by atoms with Crippen LogP contribution in [0.5, 0.6) is 11.6 Å². The molecule has 0 aliphatic carbocycles. The highest BCUT2D eigenvalue weighted by Gasteiger charge is 2.09. The molecule has 2 rings (SSSR count). The molecule has 0 aliphatic heterocycles. The average molecular weight is 350 g/mol. The van der Waals surface area contributed by atoms with Gasteiger partial charge in [0.1, 0.15) is 17.9 Å². The summed E-state index contributed by atoms with van der Waals surface area (Å²) in [4.78, 5) is 7.79. The Balaban J connectivity index is 2.30. The Morgan fingerprint density at radius 2 is 1.94 bits per heavy atom. The lowest BCUT2D eigenvalue weighted by molar-refractivity contribution is 0.462. The highest BCUT2D eigenvalue weighted by molar-refractivity contribution is 9.10. The summed E-state index contributed by atoms with van der Waals surface area (Å²) in [5.74, 6) is 6.37. The number of nitrogens with two attached hydrogens (primary N) is 1. The number of hydrogen-bond donors (Lipinski definition) is 2. The lowest BCUT2D eigenvalue weighted by Crippen LogP contribution is -2.08. The van der Waals surface area contributed by atoms with Gasteiger partial charge >= 0.3 is 0 Å². The number of ether oxygens (including phenoxy) is 1. The van der Waals surface area contributed by atoms with E-state index in [-0.39, 0.29) is 0 Å². The van der Waals surface area contributed by atoms with Gasteiger partial charge < -0.3 is 10.2 Å². The zero-order valence-electron chi connectivity index (χ0n) is 8.82. The molecule has 3 N–H and O–H groups in total. The number of nitrogens with zero attached hydrogens (tertiary/aromatic N) is 2. The highest BCUT2D eigenvalue weighted by atomic mass is 79.9. The monoisotopic (exact) mass is 348 g/mol. The molecule has 0 radical (unpaired) electrons. The van der Waals surface area contributed by atoms with Crippen molar-refractivity contribution in [2.24, 2.45) is 5.84 Å². The molecule has 8 heteroatoms. The van der Waals surface area contributed by atoms with E-state index < -0.39 is 0 Å². The number of nitrogen functional groups attached to an aromatic ring is 1. The van der Waals surface area contributed by atoms with Crippen LogP contribution in [0.1, 0.15) is 0 Å². The Hall–Kier alpha value is -1.08. The van der Waals surface area contributed by atoms with E-state index in [9.17, 15) is 0 Å². The van der Waals surface area contributed by atoms with Crippen LogP contribution in [0.4, 0.5) is 5.82 Å². The van der Waals surface area contributed by atoms with Gasteiger partial charge in [0, 0.05) is 16.6 Å². The molecule has 0 unspecified atom stereocenters.